The van der Waals surface area contributed by atoms with E-state index in [0.717, 1.165) is 26.1 Å². The number of rotatable bonds is 10. The lowest BCUT2D eigenvalue weighted by molar-refractivity contribution is -0.400. The monoisotopic (exact) mass is 274 g/mol. The maximum atomic E-state index is 5.81. The Morgan fingerprint density at radius 1 is 1.05 bits per heavy atom. The molecule has 1 fully saturated rings. The summed E-state index contributed by atoms with van der Waals surface area (Å²) in [7, 11) is 0. The number of hydrogen-bond donors (Lipinski definition) is 0. The summed E-state index contributed by atoms with van der Waals surface area (Å²) in [5, 5.41) is 0. The Morgan fingerprint density at radius 2 is 1.53 bits per heavy atom. The van der Waals surface area contributed by atoms with Gasteiger partial charge in [0.05, 0.1) is 13.2 Å². The van der Waals surface area contributed by atoms with E-state index >= 15 is 0 Å². The molecule has 4 nitrogen and oxygen atoms in total. The van der Waals surface area contributed by atoms with Crippen molar-refractivity contribution in [3.05, 3.63) is 0 Å². The molecule has 1 heterocycles. The van der Waals surface area contributed by atoms with E-state index in [4.69, 9.17) is 18.9 Å². The average molecular weight is 274 g/mol. The van der Waals surface area contributed by atoms with E-state index in [1.807, 2.05) is 20.8 Å². The Hall–Kier alpha value is -0.160. The van der Waals surface area contributed by atoms with Crippen molar-refractivity contribution >= 4 is 0 Å². The van der Waals surface area contributed by atoms with Gasteiger partial charge in [0.15, 0.2) is 0 Å². The molecule has 0 aromatic carbocycles. The lowest BCUT2D eigenvalue weighted by Gasteiger charge is -2.41. The molecule has 0 spiro atoms. The molecule has 114 valence electrons. The van der Waals surface area contributed by atoms with Crippen LogP contribution >= 0.6 is 0 Å². The van der Waals surface area contributed by atoms with E-state index in [-0.39, 0.29) is 5.92 Å². The van der Waals surface area contributed by atoms with Crippen molar-refractivity contribution in [1.82, 2.24) is 0 Å². The zero-order chi connectivity index (χ0) is 14.4. The quantitative estimate of drug-likeness (QED) is 0.573. The molecule has 0 aliphatic carbocycles. The normalized spacial score (nSPS) is 20.1. The van der Waals surface area contributed by atoms with E-state index in [0.29, 0.717) is 25.2 Å². The van der Waals surface area contributed by atoms with Gasteiger partial charge in [-0.1, -0.05) is 13.8 Å². The van der Waals surface area contributed by atoms with Crippen LogP contribution in [0, 0.1) is 11.3 Å². The summed E-state index contributed by atoms with van der Waals surface area (Å²) in [5.74, 6) is -0.691. The second kappa shape index (κ2) is 7.58. The molecule has 0 bridgehead atoms. The molecule has 0 amide bonds. The van der Waals surface area contributed by atoms with Gasteiger partial charge in [0.1, 0.15) is 0 Å². The SMILES string of the molecule is CCOC(OCC)(OCC)C(C)CCC1(C)COC1. The molecule has 0 saturated carbocycles. The standard InChI is InChI=1S/C15H30O4/c1-6-17-15(18-7-2,19-8-3)13(4)9-10-14(5)11-16-12-14/h13H,6-12H2,1-5H3. The van der Waals surface area contributed by atoms with Crippen LogP contribution in [0.3, 0.4) is 0 Å². The second-order valence-electron chi connectivity index (χ2n) is 5.65. The molecule has 1 unspecified atom stereocenters. The minimum Gasteiger partial charge on any atom is -0.380 e. The van der Waals surface area contributed by atoms with Gasteiger partial charge < -0.3 is 18.9 Å². The third-order valence-electron chi connectivity index (χ3n) is 3.72. The predicted molar refractivity (Wildman–Crippen MR) is 74.9 cm³/mol. The van der Waals surface area contributed by atoms with Gasteiger partial charge in [0, 0.05) is 31.2 Å². The highest BCUT2D eigenvalue weighted by Crippen LogP contribution is 2.37. The summed E-state index contributed by atoms with van der Waals surface area (Å²) in [6.45, 7) is 13.8. The molecule has 19 heavy (non-hydrogen) atoms. The Morgan fingerprint density at radius 3 is 1.84 bits per heavy atom. The van der Waals surface area contributed by atoms with Crippen LogP contribution in [0.4, 0.5) is 0 Å². The van der Waals surface area contributed by atoms with Crippen LogP contribution in [0.15, 0.2) is 0 Å². The van der Waals surface area contributed by atoms with Crippen LogP contribution in [0.5, 0.6) is 0 Å². The number of ether oxygens (including phenoxy) is 4. The third-order valence-corrected chi connectivity index (χ3v) is 3.72. The average Bonchev–Trinajstić information content (AvgIpc) is 2.34. The zero-order valence-corrected chi connectivity index (χ0v) is 13.2. The lowest BCUT2D eigenvalue weighted by Crippen LogP contribution is -2.47. The minimum atomic E-state index is -0.890. The predicted octanol–water partition coefficient (Wildman–Crippen LogP) is 3.20. The van der Waals surface area contributed by atoms with Gasteiger partial charge >= 0.3 is 0 Å². The van der Waals surface area contributed by atoms with E-state index < -0.39 is 5.97 Å². The molecule has 1 atom stereocenters. The first kappa shape index (κ1) is 16.9. The summed E-state index contributed by atoms with van der Waals surface area (Å²) in [6, 6.07) is 0. The molecular weight excluding hydrogens is 244 g/mol. The summed E-state index contributed by atoms with van der Waals surface area (Å²) in [6.07, 6.45) is 2.13. The van der Waals surface area contributed by atoms with Gasteiger partial charge in [-0.3, -0.25) is 0 Å². The van der Waals surface area contributed by atoms with E-state index in [9.17, 15) is 0 Å². The zero-order valence-electron chi connectivity index (χ0n) is 13.2. The first-order valence-electron chi connectivity index (χ1n) is 7.51. The first-order chi connectivity index (χ1) is 9.02. The van der Waals surface area contributed by atoms with Gasteiger partial charge in [-0.2, -0.15) is 0 Å². The van der Waals surface area contributed by atoms with E-state index in [2.05, 4.69) is 13.8 Å². The molecule has 1 aliphatic heterocycles. The van der Waals surface area contributed by atoms with Gasteiger partial charge in [-0.25, -0.2) is 0 Å². The van der Waals surface area contributed by atoms with Crippen LogP contribution in [-0.2, 0) is 18.9 Å². The molecule has 0 N–H and O–H groups in total. The summed E-state index contributed by atoms with van der Waals surface area (Å²) in [4.78, 5) is 0. The van der Waals surface area contributed by atoms with Crippen molar-refractivity contribution in [3.8, 4) is 0 Å². The van der Waals surface area contributed by atoms with Crippen LogP contribution in [0.25, 0.3) is 0 Å². The Bertz CT molecular complexity index is 234. The summed E-state index contributed by atoms with van der Waals surface area (Å²) >= 11 is 0. The molecule has 1 saturated heterocycles. The van der Waals surface area contributed by atoms with E-state index in [1.54, 1.807) is 0 Å². The topological polar surface area (TPSA) is 36.9 Å². The molecule has 1 rings (SSSR count). The van der Waals surface area contributed by atoms with Gasteiger partial charge in [-0.05, 0) is 33.6 Å². The van der Waals surface area contributed by atoms with Gasteiger partial charge in [0.25, 0.3) is 5.97 Å². The van der Waals surface area contributed by atoms with Crippen LogP contribution in [0.1, 0.15) is 47.5 Å². The lowest BCUT2D eigenvalue weighted by atomic mass is 9.81. The van der Waals surface area contributed by atoms with Crippen molar-refractivity contribution in [3.63, 3.8) is 0 Å². The summed E-state index contributed by atoms with van der Waals surface area (Å²) in [5.41, 5.74) is 0.324. The van der Waals surface area contributed by atoms with Gasteiger partial charge in [0.2, 0.25) is 0 Å². The molecule has 0 aromatic rings. The fourth-order valence-corrected chi connectivity index (χ4v) is 2.49. The van der Waals surface area contributed by atoms with Crippen LogP contribution in [0.2, 0.25) is 0 Å². The van der Waals surface area contributed by atoms with Gasteiger partial charge in [-0.15, -0.1) is 0 Å². The fraction of sp³-hybridized carbons (Fsp3) is 1.00. The van der Waals surface area contributed by atoms with Crippen molar-refractivity contribution in [2.45, 2.75) is 53.4 Å². The highest BCUT2D eigenvalue weighted by atomic mass is 16.9. The number of hydrogen-bond acceptors (Lipinski definition) is 4. The van der Waals surface area contributed by atoms with Crippen LogP contribution < -0.4 is 0 Å². The molecule has 1 aliphatic rings. The Labute approximate surface area is 117 Å². The molecule has 0 radical (unpaired) electrons. The largest absolute Gasteiger partial charge is 0.380 e. The molecule has 0 aromatic heterocycles. The van der Waals surface area contributed by atoms with E-state index in [1.165, 1.54) is 0 Å². The maximum Gasteiger partial charge on any atom is 0.285 e. The minimum absolute atomic E-state index is 0.199. The first-order valence-corrected chi connectivity index (χ1v) is 7.51. The van der Waals surface area contributed by atoms with Crippen molar-refractivity contribution in [1.29, 1.82) is 0 Å². The van der Waals surface area contributed by atoms with Crippen molar-refractivity contribution < 1.29 is 18.9 Å². The fourth-order valence-electron chi connectivity index (χ4n) is 2.49. The third kappa shape index (κ3) is 4.42. The smallest absolute Gasteiger partial charge is 0.285 e. The Kier molecular flexibility index (Phi) is 6.74. The molecular formula is C15H30O4. The Balaban J connectivity index is 2.59. The van der Waals surface area contributed by atoms with Crippen LogP contribution in [-0.4, -0.2) is 39.0 Å². The summed E-state index contributed by atoms with van der Waals surface area (Å²) < 4.78 is 22.7. The van der Waals surface area contributed by atoms with Crippen molar-refractivity contribution in [2.75, 3.05) is 33.0 Å². The highest BCUT2D eigenvalue weighted by Gasteiger charge is 2.41. The maximum absolute atomic E-state index is 5.81. The van der Waals surface area contributed by atoms with Crippen molar-refractivity contribution in [2.24, 2.45) is 11.3 Å². The molecule has 4 heteroatoms. The second-order valence-corrected chi connectivity index (χ2v) is 5.65. The highest BCUT2D eigenvalue weighted by molar-refractivity contribution is 4.82.